The minimum Gasteiger partial charge on any atom is -0.489 e. The summed E-state index contributed by atoms with van der Waals surface area (Å²) in [6, 6.07) is 5.11. The fourth-order valence-electron chi connectivity index (χ4n) is 1.57. The van der Waals surface area contributed by atoms with Crippen molar-refractivity contribution in [2.45, 2.75) is 13.8 Å². The molecule has 3 nitrogen and oxygen atoms in total. The zero-order valence-electron chi connectivity index (χ0n) is 10.5. The highest BCUT2D eigenvalue weighted by Gasteiger charge is 2.12. The molecule has 0 amide bonds. The molecule has 0 spiro atoms. The number of nitriles is 1. The largest absolute Gasteiger partial charge is 0.489 e. The number of benzene rings is 1. The molecule has 1 rings (SSSR count). The predicted molar refractivity (Wildman–Crippen MR) is 77.1 cm³/mol. The van der Waals surface area contributed by atoms with E-state index in [2.05, 4.69) is 18.7 Å². The predicted octanol–water partition coefficient (Wildman–Crippen LogP) is 3.02. The van der Waals surface area contributed by atoms with Crippen molar-refractivity contribution >= 4 is 22.6 Å². The van der Waals surface area contributed by atoms with Gasteiger partial charge in [-0.15, -0.1) is 0 Å². The van der Waals surface area contributed by atoms with Crippen LogP contribution in [-0.2, 0) is 0 Å². The summed E-state index contributed by atoms with van der Waals surface area (Å²) in [5.41, 5.74) is 0.0518. The van der Waals surface area contributed by atoms with Gasteiger partial charge in [0.15, 0.2) is 11.6 Å². The second-order valence-corrected chi connectivity index (χ2v) is 4.88. The van der Waals surface area contributed by atoms with E-state index in [-0.39, 0.29) is 11.3 Å². The Balaban J connectivity index is 2.67. The molecule has 0 aliphatic carbocycles. The molecule has 98 valence electrons. The Kier molecular flexibility index (Phi) is 6.36. The van der Waals surface area contributed by atoms with Crippen LogP contribution < -0.4 is 4.74 Å². The lowest BCUT2D eigenvalue weighted by atomic mass is 10.2. The molecule has 0 radical (unpaired) electrons. The summed E-state index contributed by atoms with van der Waals surface area (Å²) in [5.74, 6) is -0.414. The summed E-state index contributed by atoms with van der Waals surface area (Å²) in [4.78, 5) is 2.19. The van der Waals surface area contributed by atoms with Crippen LogP contribution in [0.25, 0.3) is 0 Å². The minimum absolute atomic E-state index is 0.0518. The summed E-state index contributed by atoms with van der Waals surface area (Å²) >= 11 is 1.94. The van der Waals surface area contributed by atoms with E-state index >= 15 is 0 Å². The van der Waals surface area contributed by atoms with Crippen LogP contribution in [0.4, 0.5) is 4.39 Å². The minimum atomic E-state index is -0.566. The molecule has 0 heterocycles. The summed E-state index contributed by atoms with van der Waals surface area (Å²) in [6.07, 6.45) is 0. The van der Waals surface area contributed by atoms with E-state index in [1.807, 2.05) is 28.7 Å². The highest BCUT2D eigenvalue weighted by atomic mass is 127. The molecule has 18 heavy (non-hydrogen) atoms. The van der Waals surface area contributed by atoms with Gasteiger partial charge in [0.25, 0.3) is 0 Å². The molecule has 1 aromatic rings. The van der Waals surface area contributed by atoms with Crippen LogP contribution >= 0.6 is 22.6 Å². The van der Waals surface area contributed by atoms with E-state index in [1.165, 1.54) is 0 Å². The zero-order chi connectivity index (χ0) is 13.5. The third-order valence-corrected chi connectivity index (χ3v) is 3.63. The van der Waals surface area contributed by atoms with Gasteiger partial charge in [0.2, 0.25) is 0 Å². The number of likely N-dealkylation sites (N-methyl/N-ethyl adjacent to an activating group) is 1. The first kappa shape index (κ1) is 15.2. The second-order valence-electron chi connectivity index (χ2n) is 3.72. The van der Waals surface area contributed by atoms with Gasteiger partial charge < -0.3 is 9.64 Å². The first-order valence-corrected chi connectivity index (χ1v) is 6.95. The number of ether oxygens (including phenoxy) is 1. The van der Waals surface area contributed by atoms with Crippen molar-refractivity contribution in [3.63, 3.8) is 0 Å². The van der Waals surface area contributed by atoms with E-state index in [0.717, 1.165) is 19.6 Å². The second kappa shape index (κ2) is 7.54. The maximum absolute atomic E-state index is 13.9. The lowest BCUT2D eigenvalue weighted by Crippen LogP contribution is -2.28. The van der Waals surface area contributed by atoms with Crippen molar-refractivity contribution < 1.29 is 9.13 Å². The van der Waals surface area contributed by atoms with Crippen molar-refractivity contribution in [1.29, 1.82) is 5.26 Å². The highest BCUT2D eigenvalue weighted by Crippen LogP contribution is 2.24. The van der Waals surface area contributed by atoms with Crippen LogP contribution in [0.3, 0.4) is 0 Å². The van der Waals surface area contributed by atoms with Crippen LogP contribution in [0, 0.1) is 20.7 Å². The third-order valence-electron chi connectivity index (χ3n) is 2.73. The van der Waals surface area contributed by atoms with Crippen LogP contribution in [0.2, 0.25) is 0 Å². The molecule has 0 aromatic heterocycles. The Morgan fingerprint density at radius 3 is 2.61 bits per heavy atom. The van der Waals surface area contributed by atoms with E-state index in [9.17, 15) is 4.39 Å². The smallest absolute Gasteiger partial charge is 0.183 e. The standard InChI is InChI=1S/C13H16FIN2O/c1-3-17(4-2)7-8-18-12-6-5-11(15)10(9-16)13(12)14/h5-6H,3-4,7-8H2,1-2H3. The van der Waals surface area contributed by atoms with Crippen molar-refractivity contribution in [3.8, 4) is 11.8 Å². The Labute approximate surface area is 121 Å². The van der Waals surface area contributed by atoms with E-state index in [0.29, 0.717) is 10.2 Å². The number of hydrogen-bond acceptors (Lipinski definition) is 3. The normalized spacial score (nSPS) is 10.4. The average molecular weight is 362 g/mol. The molecule has 0 aliphatic rings. The lowest BCUT2D eigenvalue weighted by Gasteiger charge is -2.18. The molecule has 0 N–H and O–H groups in total. The zero-order valence-corrected chi connectivity index (χ0v) is 12.7. The van der Waals surface area contributed by atoms with Crippen molar-refractivity contribution in [2.24, 2.45) is 0 Å². The number of hydrogen-bond donors (Lipinski definition) is 0. The van der Waals surface area contributed by atoms with E-state index < -0.39 is 5.82 Å². The van der Waals surface area contributed by atoms with Crippen LogP contribution in [-0.4, -0.2) is 31.1 Å². The summed E-state index contributed by atoms with van der Waals surface area (Å²) in [7, 11) is 0. The van der Waals surface area contributed by atoms with Crippen molar-refractivity contribution in [2.75, 3.05) is 26.2 Å². The maximum atomic E-state index is 13.9. The van der Waals surface area contributed by atoms with Gasteiger partial charge in [-0.2, -0.15) is 5.26 Å². The van der Waals surface area contributed by atoms with Gasteiger partial charge in [-0.05, 0) is 47.8 Å². The fourth-order valence-corrected chi connectivity index (χ4v) is 2.11. The summed E-state index contributed by atoms with van der Waals surface area (Å²) in [5, 5.41) is 8.85. The van der Waals surface area contributed by atoms with E-state index in [1.54, 1.807) is 12.1 Å². The maximum Gasteiger partial charge on any atom is 0.183 e. The Bertz CT molecular complexity index is 441. The number of nitrogens with zero attached hydrogens (tertiary/aromatic N) is 2. The average Bonchev–Trinajstić information content (AvgIpc) is 2.37. The van der Waals surface area contributed by atoms with Crippen LogP contribution in [0.5, 0.6) is 5.75 Å². The van der Waals surface area contributed by atoms with Gasteiger partial charge in [0.1, 0.15) is 18.2 Å². The summed E-state index contributed by atoms with van der Waals surface area (Å²) in [6.45, 7) is 7.20. The van der Waals surface area contributed by atoms with Gasteiger partial charge in [-0.3, -0.25) is 0 Å². The van der Waals surface area contributed by atoms with Gasteiger partial charge in [0.05, 0.1) is 0 Å². The number of halogens is 2. The molecule has 0 fully saturated rings. The molecular formula is C13H16FIN2O. The number of rotatable bonds is 6. The van der Waals surface area contributed by atoms with Crippen LogP contribution in [0.1, 0.15) is 19.4 Å². The topological polar surface area (TPSA) is 36.3 Å². The quantitative estimate of drug-likeness (QED) is 0.730. The molecule has 0 aliphatic heterocycles. The lowest BCUT2D eigenvalue weighted by molar-refractivity contribution is 0.217. The monoisotopic (exact) mass is 362 g/mol. The Morgan fingerprint density at radius 2 is 2.06 bits per heavy atom. The van der Waals surface area contributed by atoms with Crippen LogP contribution in [0.15, 0.2) is 12.1 Å². The van der Waals surface area contributed by atoms with Crippen molar-refractivity contribution in [3.05, 3.63) is 27.1 Å². The molecule has 0 saturated heterocycles. The molecular weight excluding hydrogens is 346 g/mol. The molecule has 0 atom stereocenters. The van der Waals surface area contributed by atoms with Gasteiger partial charge in [-0.1, -0.05) is 13.8 Å². The van der Waals surface area contributed by atoms with Gasteiger partial charge in [0, 0.05) is 10.1 Å². The molecule has 1 aromatic carbocycles. The van der Waals surface area contributed by atoms with Crippen molar-refractivity contribution in [1.82, 2.24) is 4.90 Å². The third kappa shape index (κ3) is 3.82. The molecule has 5 heteroatoms. The molecule has 0 unspecified atom stereocenters. The Hall–Kier alpha value is -0.870. The summed E-state index contributed by atoms with van der Waals surface area (Å²) < 4.78 is 19.9. The first-order valence-electron chi connectivity index (χ1n) is 5.87. The van der Waals surface area contributed by atoms with Gasteiger partial charge >= 0.3 is 0 Å². The highest BCUT2D eigenvalue weighted by molar-refractivity contribution is 14.1. The van der Waals surface area contributed by atoms with Gasteiger partial charge in [-0.25, -0.2) is 4.39 Å². The Morgan fingerprint density at radius 1 is 1.39 bits per heavy atom. The molecule has 0 bridgehead atoms. The fraction of sp³-hybridized carbons (Fsp3) is 0.462. The molecule has 0 saturated carbocycles. The SMILES string of the molecule is CCN(CC)CCOc1ccc(I)c(C#N)c1F. The van der Waals surface area contributed by atoms with E-state index in [4.69, 9.17) is 10.00 Å². The first-order chi connectivity index (χ1) is 8.63.